The molecule has 1 atom stereocenters. The Bertz CT molecular complexity index is 810. The van der Waals surface area contributed by atoms with Gasteiger partial charge in [0.25, 0.3) is 0 Å². The number of ether oxygens (including phenoxy) is 1. The lowest BCUT2D eigenvalue weighted by molar-refractivity contribution is -0.135. The van der Waals surface area contributed by atoms with Gasteiger partial charge in [0.15, 0.2) is 0 Å². The van der Waals surface area contributed by atoms with Gasteiger partial charge >= 0.3 is 5.97 Å². The predicted molar refractivity (Wildman–Crippen MR) is 115 cm³/mol. The Morgan fingerprint density at radius 1 is 1.17 bits per heavy atom. The Morgan fingerprint density at radius 3 is 2.72 bits per heavy atom. The molecule has 0 amide bonds. The van der Waals surface area contributed by atoms with Crippen LogP contribution in [0.4, 0.5) is 10.1 Å². The summed E-state index contributed by atoms with van der Waals surface area (Å²) in [5.41, 5.74) is 2.22. The molecule has 5 heteroatoms. The van der Waals surface area contributed by atoms with Gasteiger partial charge in [-0.15, -0.1) is 0 Å². The van der Waals surface area contributed by atoms with Crippen LogP contribution in [0.15, 0.2) is 42.5 Å². The molecule has 1 aliphatic heterocycles. The van der Waals surface area contributed by atoms with Crippen molar-refractivity contribution >= 4 is 11.7 Å². The third-order valence-electron chi connectivity index (χ3n) is 5.43. The molecule has 4 nitrogen and oxygen atoms in total. The Kier molecular flexibility index (Phi) is 7.64. The van der Waals surface area contributed by atoms with Crippen LogP contribution in [0.5, 0.6) is 5.75 Å². The quantitative estimate of drug-likeness (QED) is 0.348. The molecule has 1 N–H and O–H groups in total. The number of hydrogen-bond acceptors (Lipinski definition) is 4. The molecule has 2 aromatic carbocycles. The van der Waals surface area contributed by atoms with E-state index in [9.17, 15) is 9.18 Å². The maximum absolute atomic E-state index is 14.5. The molecular weight excluding hydrogens is 367 g/mol. The largest absolute Gasteiger partial charge is 0.426 e. The van der Waals surface area contributed by atoms with Gasteiger partial charge in [-0.25, -0.2) is 4.39 Å². The number of fused-ring (bicyclic) bond motifs is 1. The van der Waals surface area contributed by atoms with Crippen molar-refractivity contribution < 1.29 is 13.9 Å². The number of carbonyl (C=O) groups is 1. The van der Waals surface area contributed by atoms with Crippen molar-refractivity contribution in [1.29, 1.82) is 0 Å². The first-order valence-electron chi connectivity index (χ1n) is 10.6. The third kappa shape index (κ3) is 5.80. The van der Waals surface area contributed by atoms with Crippen LogP contribution in [-0.2, 0) is 11.2 Å². The zero-order valence-corrected chi connectivity index (χ0v) is 17.4. The number of halogens is 1. The van der Waals surface area contributed by atoms with Gasteiger partial charge in [-0.3, -0.25) is 4.79 Å². The second kappa shape index (κ2) is 10.4. The van der Waals surface area contributed by atoms with Crippen molar-refractivity contribution in [3.8, 4) is 5.75 Å². The fourth-order valence-electron chi connectivity index (χ4n) is 3.85. The number of hydrogen-bond donors (Lipinski definition) is 1. The monoisotopic (exact) mass is 398 g/mol. The van der Waals surface area contributed by atoms with Crippen molar-refractivity contribution in [3.05, 3.63) is 59.4 Å². The number of aryl methyl sites for hydroxylation is 1. The minimum atomic E-state index is -0.410. The number of esters is 1. The van der Waals surface area contributed by atoms with Crippen LogP contribution in [0, 0.1) is 5.82 Å². The molecule has 1 heterocycles. The molecule has 0 bridgehead atoms. The Morgan fingerprint density at radius 2 is 1.97 bits per heavy atom. The maximum Gasteiger partial charge on any atom is 0.320 e. The van der Waals surface area contributed by atoms with Crippen molar-refractivity contribution in [2.24, 2.45) is 0 Å². The summed E-state index contributed by atoms with van der Waals surface area (Å²) < 4.78 is 20.0. The molecule has 0 aliphatic carbocycles. The predicted octanol–water partition coefficient (Wildman–Crippen LogP) is 5.00. The zero-order chi connectivity index (χ0) is 20.6. The average molecular weight is 399 g/mol. The number of nitrogens with one attached hydrogen (secondary N) is 1. The van der Waals surface area contributed by atoms with Gasteiger partial charge in [0.2, 0.25) is 0 Å². The standard InChI is InChI=1S/C24H31FN2O2/c1-3-13-27(2)14-9-5-6-10-18-15-20-21(17-26-23(20)16-22(18)25)24(28)29-19-11-7-4-8-12-19/h4,7-8,11-12,15-16,21,26H,3,5-6,9-10,13-14,17H2,1-2H3. The van der Waals surface area contributed by atoms with Gasteiger partial charge in [-0.2, -0.15) is 0 Å². The molecule has 0 fully saturated rings. The fourth-order valence-corrected chi connectivity index (χ4v) is 3.85. The van der Waals surface area contributed by atoms with Crippen LogP contribution >= 0.6 is 0 Å². The van der Waals surface area contributed by atoms with Crippen LogP contribution in [0.25, 0.3) is 0 Å². The minimum Gasteiger partial charge on any atom is -0.426 e. The summed E-state index contributed by atoms with van der Waals surface area (Å²) >= 11 is 0. The minimum absolute atomic E-state index is 0.198. The first-order chi connectivity index (χ1) is 14.1. The summed E-state index contributed by atoms with van der Waals surface area (Å²) in [6.45, 7) is 4.82. The molecule has 0 aromatic heterocycles. The molecule has 0 spiro atoms. The highest BCUT2D eigenvalue weighted by molar-refractivity contribution is 5.85. The van der Waals surface area contributed by atoms with Crippen LogP contribution in [-0.4, -0.2) is 37.6 Å². The number of rotatable bonds is 10. The van der Waals surface area contributed by atoms with Crippen LogP contribution in [0.2, 0.25) is 0 Å². The topological polar surface area (TPSA) is 41.6 Å². The second-order valence-electron chi connectivity index (χ2n) is 7.81. The van der Waals surface area contributed by atoms with E-state index in [1.54, 1.807) is 12.1 Å². The summed E-state index contributed by atoms with van der Waals surface area (Å²) in [6, 6.07) is 12.4. The first-order valence-corrected chi connectivity index (χ1v) is 10.6. The number of unbranched alkanes of at least 4 members (excludes halogenated alkanes) is 2. The van der Waals surface area contributed by atoms with Gasteiger partial charge in [-0.1, -0.05) is 31.5 Å². The third-order valence-corrected chi connectivity index (χ3v) is 5.43. The number of carbonyl (C=O) groups excluding carboxylic acids is 1. The lowest BCUT2D eigenvalue weighted by Crippen LogP contribution is -2.20. The highest BCUT2D eigenvalue weighted by Gasteiger charge is 2.31. The molecular formula is C24H31FN2O2. The van der Waals surface area contributed by atoms with E-state index in [1.807, 2.05) is 24.3 Å². The highest BCUT2D eigenvalue weighted by atomic mass is 19.1. The van der Waals surface area contributed by atoms with Crippen LogP contribution < -0.4 is 10.1 Å². The lowest BCUT2D eigenvalue weighted by Gasteiger charge is -2.15. The molecule has 3 rings (SSSR count). The van der Waals surface area contributed by atoms with E-state index in [-0.39, 0.29) is 11.8 Å². The van der Waals surface area contributed by atoms with Crippen molar-refractivity contribution in [2.45, 2.75) is 44.9 Å². The molecule has 29 heavy (non-hydrogen) atoms. The number of anilines is 1. The maximum atomic E-state index is 14.5. The molecule has 2 aromatic rings. The summed E-state index contributed by atoms with van der Waals surface area (Å²) in [5.74, 6) is -0.385. The summed E-state index contributed by atoms with van der Waals surface area (Å²) in [5, 5.41) is 3.14. The van der Waals surface area contributed by atoms with Gasteiger partial charge in [0.1, 0.15) is 17.5 Å². The van der Waals surface area contributed by atoms with E-state index in [2.05, 4.69) is 24.2 Å². The van der Waals surface area contributed by atoms with Gasteiger partial charge < -0.3 is 15.0 Å². The smallest absolute Gasteiger partial charge is 0.320 e. The van der Waals surface area contributed by atoms with E-state index in [4.69, 9.17) is 4.74 Å². The molecule has 0 radical (unpaired) electrons. The van der Waals surface area contributed by atoms with Gasteiger partial charge in [0.05, 0.1) is 0 Å². The van der Waals surface area contributed by atoms with E-state index in [0.717, 1.165) is 37.9 Å². The molecule has 0 saturated carbocycles. The fraction of sp³-hybridized carbons (Fsp3) is 0.458. The summed E-state index contributed by atoms with van der Waals surface area (Å²) in [4.78, 5) is 15.0. The molecule has 1 aliphatic rings. The first kappa shape index (κ1) is 21.3. The summed E-state index contributed by atoms with van der Waals surface area (Å²) in [6.07, 6.45) is 5.00. The highest BCUT2D eigenvalue weighted by Crippen LogP contribution is 2.35. The lowest BCUT2D eigenvalue weighted by atomic mass is 9.96. The molecule has 0 saturated heterocycles. The van der Waals surface area contributed by atoms with E-state index in [0.29, 0.717) is 30.0 Å². The second-order valence-corrected chi connectivity index (χ2v) is 7.81. The van der Waals surface area contributed by atoms with Crippen molar-refractivity contribution in [1.82, 2.24) is 4.90 Å². The zero-order valence-electron chi connectivity index (χ0n) is 17.4. The Labute approximate surface area is 173 Å². The number of para-hydroxylation sites is 1. The van der Waals surface area contributed by atoms with Crippen LogP contribution in [0.3, 0.4) is 0 Å². The van der Waals surface area contributed by atoms with Gasteiger partial charge in [0, 0.05) is 12.2 Å². The van der Waals surface area contributed by atoms with E-state index >= 15 is 0 Å². The van der Waals surface area contributed by atoms with Crippen molar-refractivity contribution in [3.63, 3.8) is 0 Å². The molecule has 156 valence electrons. The number of benzene rings is 2. The van der Waals surface area contributed by atoms with Crippen molar-refractivity contribution in [2.75, 3.05) is 32.0 Å². The normalized spacial score (nSPS) is 15.2. The Balaban J connectivity index is 1.58. The Hall–Kier alpha value is -2.40. The molecule has 1 unspecified atom stereocenters. The van der Waals surface area contributed by atoms with E-state index in [1.165, 1.54) is 12.5 Å². The number of nitrogens with zero attached hydrogens (tertiary/aromatic N) is 1. The van der Waals surface area contributed by atoms with Gasteiger partial charge in [-0.05, 0) is 81.2 Å². The average Bonchev–Trinajstić information content (AvgIpc) is 3.11. The summed E-state index contributed by atoms with van der Waals surface area (Å²) in [7, 11) is 2.14. The van der Waals surface area contributed by atoms with Crippen LogP contribution in [0.1, 0.15) is 49.7 Å². The van der Waals surface area contributed by atoms with E-state index < -0.39 is 5.92 Å². The SMILES string of the molecule is CCCN(C)CCCCCc1cc2c(cc1F)NCC2C(=O)Oc1ccccc1.